The Morgan fingerprint density at radius 1 is 1.09 bits per heavy atom. The molecular weight excluding hydrogens is 276 g/mol. The fraction of sp³-hybridized carbons (Fsp3) is 0.389. The second kappa shape index (κ2) is 7.69. The van der Waals surface area contributed by atoms with E-state index >= 15 is 0 Å². The van der Waals surface area contributed by atoms with E-state index in [1.54, 1.807) is 0 Å². The zero-order valence-corrected chi connectivity index (χ0v) is 13.6. The molecule has 0 aliphatic rings. The summed E-state index contributed by atoms with van der Waals surface area (Å²) in [6, 6.07) is 11.8. The lowest BCUT2D eigenvalue weighted by Gasteiger charge is -2.21. The molecule has 2 aromatic rings. The van der Waals surface area contributed by atoms with Gasteiger partial charge in [0, 0.05) is 37.3 Å². The monoisotopic (exact) mass is 300 g/mol. The fourth-order valence-electron chi connectivity index (χ4n) is 2.42. The van der Waals surface area contributed by atoms with Crippen molar-refractivity contribution in [1.29, 1.82) is 0 Å². The Morgan fingerprint density at radius 2 is 1.77 bits per heavy atom. The highest BCUT2D eigenvalue weighted by Crippen LogP contribution is 2.18. The lowest BCUT2D eigenvalue weighted by molar-refractivity contribution is -0.116. The van der Waals surface area contributed by atoms with Gasteiger partial charge in [-0.2, -0.15) is 0 Å². The molecule has 0 radical (unpaired) electrons. The number of aryl methyl sites for hydroxylation is 2. The molecule has 0 aliphatic carbocycles. The molecule has 4 nitrogen and oxygen atoms in total. The van der Waals surface area contributed by atoms with Crippen LogP contribution in [0, 0.1) is 6.92 Å². The quantitative estimate of drug-likeness (QED) is 0.840. The number of amides is 1. The summed E-state index contributed by atoms with van der Waals surface area (Å²) >= 11 is 0. The van der Waals surface area contributed by atoms with Crippen molar-refractivity contribution in [2.24, 2.45) is 0 Å². The van der Waals surface area contributed by atoms with Crippen LogP contribution >= 0.6 is 0 Å². The minimum atomic E-state index is 0.00430. The topological polar surface area (TPSA) is 45.5 Å². The van der Waals surface area contributed by atoms with Gasteiger partial charge in [-0.3, -0.25) is 4.79 Å². The second-order valence-corrected chi connectivity index (χ2v) is 5.28. The number of carbonyl (C=O) groups excluding carboxylic acids is 1. The number of anilines is 2. The van der Waals surface area contributed by atoms with Crippen LogP contribution in [-0.2, 0) is 11.2 Å². The second-order valence-electron chi connectivity index (χ2n) is 5.28. The van der Waals surface area contributed by atoms with Crippen LogP contribution in [0.15, 0.2) is 40.8 Å². The molecule has 1 heterocycles. The molecule has 22 heavy (non-hydrogen) atoms. The summed E-state index contributed by atoms with van der Waals surface area (Å²) in [5.74, 6) is 1.73. The molecule has 0 spiro atoms. The summed E-state index contributed by atoms with van der Waals surface area (Å²) in [4.78, 5) is 14.2. The molecule has 118 valence electrons. The molecule has 0 fully saturated rings. The van der Waals surface area contributed by atoms with Gasteiger partial charge in [-0.05, 0) is 57.2 Å². The van der Waals surface area contributed by atoms with E-state index in [1.165, 1.54) is 5.69 Å². The first-order valence-electron chi connectivity index (χ1n) is 7.82. The number of furan rings is 1. The predicted octanol–water partition coefficient (Wildman–Crippen LogP) is 4.01. The van der Waals surface area contributed by atoms with Crippen molar-refractivity contribution in [1.82, 2.24) is 0 Å². The zero-order chi connectivity index (χ0) is 15.9. The first-order chi connectivity index (χ1) is 10.6. The summed E-state index contributed by atoms with van der Waals surface area (Å²) in [5.41, 5.74) is 2.01. The van der Waals surface area contributed by atoms with E-state index in [1.807, 2.05) is 43.3 Å². The standard InChI is InChI=1S/C18H24N2O2/c1-4-20(5-2)16-9-7-15(8-10-16)19-18(21)13-12-17-11-6-14(3)22-17/h6-11H,4-5,12-13H2,1-3H3,(H,19,21). The summed E-state index contributed by atoms with van der Waals surface area (Å²) in [6.07, 6.45) is 1.04. The molecule has 2 rings (SSSR count). The maximum Gasteiger partial charge on any atom is 0.224 e. The molecular formula is C18H24N2O2. The molecule has 1 aromatic carbocycles. The predicted molar refractivity (Wildman–Crippen MR) is 90.4 cm³/mol. The van der Waals surface area contributed by atoms with Crippen LogP contribution in [0.1, 0.15) is 31.8 Å². The number of carbonyl (C=O) groups is 1. The van der Waals surface area contributed by atoms with Crippen LogP contribution in [0.4, 0.5) is 11.4 Å². The Bertz CT molecular complexity index is 598. The van der Waals surface area contributed by atoms with Gasteiger partial charge in [0.2, 0.25) is 5.91 Å². The summed E-state index contributed by atoms with van der Waals surface area (Å²) in [6.45, 7) is 8.13. The highest BCUT2D eigenvalue weighted by atomic mass is 16.3. The molecule has 0 bridgehead atoms. The molecule has 1 amide bonds. The van der Waals surface area contributed by atoms with E-state index < -0.39 is 0 Å². The fourth-order valence-corrected chi connectivity index (χ4v) is 2.42. The number of hydrogen-bond donors (Lipinski definition) is 1. The molecule has 0 atom stereocenters. The number of benzene rings is 1. The first kappa shape index (κ1) is 16.1. The van der Waals surface area contributed by atoms with Crippen molar-refractivity contribution in [3.05, 3.63) is 47.9 Å². The Kier molecular flexibility index (Phi) is 5.64. The van der Waals surface area contributed by atoms with E-state index in [0.29, 0.717) is 12.8 Å². The molecule has 1 N–H and O–H groups in total. The van der Waals surface area contributed by atoms with Crippen molar-refractivity contribution in [3.63, 3.8) is 0 Å². The Morgan fingerprint density at radius 3 is 2.32 bits per heavy atom. The average Bonchev–Trinajstić information content (AvgIpc) is 2.94. The maximum atomic E-state index is 12.0. The van der Waals surface area contributed by atoms with Crippen molar-refractivity contribution >= 4 is 17.3 Å². The van der Waals surface area contributed by atoms with Crippen molar-refractivity contribution in [2.75, 3.05) is 23.3 Å². The average molecular weight is 300 g/mol. The Balaban J connectivity index is 1.86. The van der Waals surface area contributed by atoms with Gasteiger partial charge in [0.15, 0.2) is 0 Å². The number of hydrogen-bond acceptors (Lipinski definition) is 3. The molecule has 0 aliphatic heterocycles. The molecule has 0 unspecified atom stereocenters. The smallest absolute Gasteiger partial charge is 0.224 e. The highest BCUT2D eigenvalue weighted by molar-refractivity contribution is 5.90. The summed E-state index contributed by atoms with van der Waals surface area (Å²) < 4.78 is 5.47. The van der Waals surface area contributed by atoms with Crippen LogP contribution in [0.3, 0.4) is 0 Å². The van der Waals surface area contributed by atoms with Gasteiger partial charge in [0.25, 0.3) is 0 Å². The zero-order valence-electron chi connectivity index (χ0n) is 13.6. The van der Waals surface area contributed by atoms with Gasteiger partial charge >= 0.3 is 0 Å². The van der Waals surface area contributed by atoms with Crippen LogP contribution in [0.5, 0.6) is 0 Å². The van der Waals surface area contributed by atoms with Gasteiger partial charge < -0.3 is 14.6 Å². The van der Waals surface area contributed by atoms with E-state index in [-0.39, 0.29) is 5.91 Å². The van der Waals surface area contributed by atoms with Crippen LogP contribution in [-0.4, -0.2) is 19.0 Å². The number of nitrogens with zero attached hydrogens (tertiary/aromatic N) is 1. The van der Waals surface area contributed by atoms with Gasteiger partial charge in [-0.15, -0.1) is 0 Å². The lowest BCUT2D eigenvalue weighted by atomic mass is 10.2. The van der Waals surface area contributed by atoms with Crippen molar-refractivity contribution < 1.29 is 9.21 Å². The number of rotatable bonds is 7. The molecule has 1 aromatic heterocycles. The minimum absolute atomic E-state index is 0.00430. The van der Waals surface area contributed by atoms with Gasteiger partial charge in [0.1, 0.15) is 11.5 Å². The van der Waals surface area contributed by atoms with E-state index in [2.05, 4.69) is 24.1 Å². The van der Waals surface area contributed by atoms with Crippen molar-refractivity contribution in [2.45, 2.75) is 33.6 Å². The SMILES string of the molecule is CCN(CC)c1ccc(NC(=O)CCc2ccc(C)o2)cc1. The van der Waals surface area contributed by atoms with Crippen LogP contribution in [0.25, 0.3) is 0 Å². The Hall–Kier alpha value is -2.23. The van der Waals surface area contributed by atoms with E-state index in [9.17, 15) is 4.79 Å². The maximum absolute atomic E-state index is 12.0. The third-order valence-corrected chi connectivity index (χ3v) is 3.67. The van der Waals surface area contributed by atoms with E-state index in [0.717, 1.165) is 30.3 Å². The first-order valence-corrected chi connectivity index (χ1v) is 7.82. The minimum Gasteiger partial charge on any atom is -0.466 e. The number of nitrogens with one attached hydrogen (secondary N) is 1. The van der Waals surface area contributed by atoms with E-state index in [4.69, 9.17) is 4.42 Å². The summed E-state index contributed by atoms with van der Waals surface area (Å²) in [5, 5.41) is 2.92. The van der Waals surface area contributed by atoms with Crippen LogP contribution < -0.4 is 10.2 Å². The molecule has 0 saturated carbocycles. The third kappa shape index (κ3) is 4.38. The van der Waals surface area contributed by atoms with Gasteiger partial charge in [-0.1, -0.05) is 0 Å². The Labute approximate surface area is 132 Å². The normalized spacial score (nSPS) is 10.5. The van der Waals surface area contributed by atoms with Crippen molar-refractivity contribution in [3.8, 4) is 0 Å². The molecule has 4 heteroatoms. The highest BCUT2D eigenvalue weighted by Gasteiger charge is 2.06. The van der Waals surface area contributed by atoms with Crippen LogP contribution in [0.2, 0.25) is 0 Å². The van der Waals surface area contributed by atoms with Gasteiger partial charge in [0.05, 0.1) is 0 Å². The lowest BCUT2D eigenvalue weighted by Crippen LogP contribution is -2.21. The summed E-state index contributed by atoms with van der Waals surface area (Å²) in [7, 11) is 0. The van der Waals surface area contributed by atoms with Gasteiger partial charge in [-0.25, -0.2) is 0 Å². The largest absolute Gasteiger partial charge is 0.466 e. The molecule has 0 saturated heterocycles. The third-order valence-electron chi connectivity index (χ3n) is 3.67.